The van der Waals surface area contributed by atoms with E-state index in [1.165, 1.54) is 16.9 Å². The molecule has 1 unspecified atom stereocenters. The molecule has 1 aliphatic rings. The first-order chi connectivity index (χ1) is 17.3. The van der Waals surface area contributed by atoms with Crippen LogP contribution in [0.2, 0.25) is 5.15 Å². The van der Waals surface area contributed by atoms with Crippen LogP contribution >= 0.6 is 26.8 Å². The van der Waals surface area contributed by atoms with Crippen LogP contribution in [0, 0.1) is 5.82 Å². The molecule has 1 fully saturated rings. The summed E-state index contributed by atoms with van der Waals surface area (Å²) in [6.45, 7) is 4.91. The highest BCUT2D eigenvalue weighted by Gasteiger charge is 2.42. The third kappa shape index (κ3) is 6.28. The second-order valence-corrected chi connectivity index (χ2v) is 12.9. The molecule has 0 radical (unpaired) electrons. The molecule has 1 aliphatic heterocycles. The normalized spacial score (nSPS) is 22.8. The second-order valence-electron chi connectivity index (χ2n) is 8.48. The van der Waals surface area contributed by atoms with Crippen LogP contribution in [0.4, 0.5) is 10.1 Å². The van der Waals surface area contributed by atoms with Crippen molar-refractivity contribution in [3.05, 3.63) is 65.2 Å². The summed E-state index contributed by atoms with van der Waals surface area (Å²) in [5, 5.41) is 18.8. The summed E-state index contributed by atoms with van der Waals surface area (Å²) in [6, 6.07) is 7.43. The number of pyridine rings is 1. The Balaban J connectivity index is 1.57. The summed E-state index contributed by atoms with van der Waals surface area (Å²) in [5.41, 5.74) is 1.26. The standard InChI is InChI=1S/C21H24ClFN4O8P2/c1-11-17(9-34-37(32,33)10-36(29,30)31)35-21(19(11)28)27-20-14(8-24-27)16(7-18(22)26-20)25-12(2)13-5-3-4-6-15(13)23/h3-8,12,17,19,21,28H,1,9-10H2,2H3,(H,25,26)(H,32,33)(H2,29,30,31)/t12-,17+,19+,21+/m0/s1. The number of hydrogen-bond donors (Lipinski definition) is 5. The van der Waals surface area contributed by atoms with Gasteiger partial charge in [-0.3, -0.25) is 9.13 Å². The molecule has 5 atom stereocenters. The van der Waals surface area contributed by atoms with Gasteiger partial charge in [0.05, 0.1) is 29.9 Å². The lowest BCUT2D eigenvalue weighted by molar-refractivity contribution is -0.0526. The molecule has 0 amide bonds. The molecule has 12 nitrogen and oxygen atoms in total. The molecule has 5 N–H and O–H groups in total. The van der Waals surface area contributed by atoms with Gasteiger partial charge in [0.25, 0.3) is 0 Å². The first-order valence-corrected chi connectivity index (χ1v) is 14.8. The zero-order chi connectivity index (χ0) is 27.1. The Hall–Kier alpha value is -2.18. The number of aliphatic hydroxyl groups is 1. The highest BCUT2D eigenvalue weighted by molar-refractivity contribution is 7.70. The Morgan fingerprint density at radius 3 is 2.70 bits per heavy atom. The predicted octanol–water partition coefficient (Wildman–Crippen LogP) is 3.55. The van der Waals surface area contributed by atoms with E-state index < -0.39 is 52.2 Å². The number of nitrogens with one attached hydrogen (secondary N) is 1. The molecule has 0 bridgehead atoms. The maximum atomic E-state index is 14.2. The highest BCUT2D eigenvalue weighted by Crippen LogP contribution is 2.55. The Labute approximate surface area is 215 Å². The number of anilines is 1. The van der Waals surface area contributed by atoms with Crippen molar-refractivity contribution in [3.63, 3.8) is 0 Å². The largest absolute Gasteiger partial charge is 0.384 e. The number of halogens is 2. The van der Waals surface area contributed by atoms with Gasteiger partial charge in [0.1, 0.15) is 23.2 Å². The van der Waals surface area contributed by atoms with Crippen molar-refractivity contribution in [1.82, 2.24) is 14.8 Å². The molecular formula is C21H24ClFN4O8P2. The smallest absolute Gasteiger partial charge is 0.340 e. The van der Waals surface area contributed by atoms with Crippen molar-refractivity contribution in [2.75, 3.05) is 17.8 Å². The number of nitrogens with zero attached hydrogens (tertiary/aromatic N) is 3. The predicted molar refractivity (Wildman–Crippen MR) is 133 cm³/mol. The molecule has 0 aliphatic carbocycles. The topological polar surface area (TPSA) is 176 Å². The fraction of sp³-hybridized carbons (Fsp3) is 0.333. The summed E-state index contributed by atoms with van der Waals surface area (Å²) >= 11 is 6.24. The lowest BCUT2D eigenvalue weighted by Crippen LogP contribution is -2.21. The highest BCUT2D eigenvalue weighted by atomic mass is 35.5. The minimum absolute atomic E-state index is 0.0855. The zero-order valence-corrected chi connectivity index (χ0v) is 21.9. The summed E-state index contributed by atoms with van der Waals surface area (Å²) in [5.74, 6) is -1.74. The van der Waals surface area contributed by atoms with E-state index in [4.69, 9.17) is 30.6 Å². The fourth-order valence-corrected chi connectivity index (χ4v) is 6.68. The Kier molecular flexibility index (Phi) is 7.92. The monoisotopic (exact) mass is 576 g/mol. The number of benzene rings is 1. The van der Waals surface area contributed by atoms with Gasteiger partial charge in [-0.05, 0) is 24.6 Å². The van der Waals surface area contributed by atoms with Crippen molar-refractivity contribution in [3.8, 4) is 0 Å². The number of fused-ring (bicyclic) bond motifs is 1. The molecule has 3 aromatic rings. The van der Waals surface area contributed by atoms with Gasteiger partial charge in [0.15, 0.2) is 17.8 Å². The van der Waals surface area contributed by atoms with Gasteiger partial charge in [0.2, 0.25) is 0 Å². The van der Waals surface area contributed by atoms with E-state index in [1.54, 1.807) is 31.2 Å². The van der Waals surface area contributed by atoms with Crippen LogP contribution in [0.15, 0.2) is 48.7 Å². The second kappa shape index (κ2) is 10.5. The van der Waals surface area contributed by atoms with Gasteiger partial charge in [-0.1, -0.05) is 36.4 Å². The SMILES string of the molecule is C=C1[C@@H](O)[C@H](n2ncc3c(N[C@@H](C)c4ccccc4F)cc(Cl)nc32)O[C@@H]1COP(=O)(O)CP(=O)(O)O. The third-order valence-corrected chi connectivity index (χ3v) is 9.33. The minimum atomic E-state index is -4.81. The van der Waals surface area contributed by atoms with Crippen LogP contribution in [0.25, 0.3) is 11.0 Å². The third-order valence-electron chi connectivity index (χ3n) is 5.68. The molecule has 1 aromatic carbocycles. The maximum absolute atomic E-state index is 14.2. The first kappa shape index (κ1) is 27.8. The Bertz CT molecular complexity index is 1430. The molecule has 1 saturated heterocycles. The lowest BCUT2D eigenvalue weighted by atomic mass is 10.1. The summed E-state index contributed by atoms with van der Waals surface area (Å²) < 4.78 is 49.1. The molecule has 0 saturated carbocycles. The average Bonchev–Trinajstić information content (AvgIpc) is 3.32. The maximum Gasteiger partial charge on any atom is 0.340 e. The van der Waals surface area contributed by atoms with E-state index in [9.17, 15) is 23.5 Å². The Morgan fingerprint density at radius 1 is 1.32 bits per heavy atom. The van der Waals surface area contributed by atoms with Crippen molar-refractivity contribution in [2.24, 2.45) is 0 Å². The van der Waals surface area contributed by atoms with Gasteiger partial charge in [-0.15, -0.1) is 0 Å². The summed E-state index contributed by atoms with van der Waals surface area (Å²) in [7, 11) is -9.45. The lowest BCUT2D eigenvalue weighted by Gasteiger charge is -2.18. The average molecular weight is 577 g/mol. The summed E-state index contributed by atoms with van der Waals surface area (Å²) in [6.07, 6.45) is -2.12. The molecule has 37 heavy (non-hydrogen) atoms. The van der Waals surface area contributed by atoms with Gasteiger partial charge in [-0.2, -0.15) is 5.10 Å². The van der Waals surface area contributed by atoms with E-state index in [-0.39, 0.29) is 22.2 Å². The van der Waals surface area contributed by atoms with Crippen LogP contribution in [-0.2, 0) is 18.4 Å². The number of ether oxygens (including phenoxy) is 1. The van der Waals surface area contributed by atoms with E-state index >= 15 is 0 Å². The molecule has 0 spiro atoms. The van der Waals surface area contributed by atoms with Crippen molar-refractivity contribution < 1.29 is 42.6 Å². The van der Waals surface area contributed by atoms with E-state index in [1.807, 2.05) is 0 Å². The molecule has 3 heterocycles. The molecule has 2 aromatic heterocycles. The number of aromatic nitrogens is 3. The van der Waals surface area contributed by atoms with Gasteiger partial charge < -0.3 is 34.4 Å². The fourth-order valence-electron chi connectivity index (χ4n) is 3.93. The summed E-state index contributed by atoms with van der Waals surface area (Å²) in [4.78, 5) is 31.9. The number of hydrogen-bond acceptors (Lipinski definition) is 8. The molecule has 200 valence electrons. The van der Waals surface area contributed by atoms with Gasteiger partial charge >= 0.3 is 15.2 Å². The Morgan fingerprint density at radius 2 is 2.03 bits per heavy atom. The quantitative estimate of drug-likeness (QED) is 0.143. The van der Waals surface area contributed by atoms with Crippen molar-refractivity contribution >= 4 is 43.5 Å². The van der Waals surface area contributed by atoms with Gasteiger partial charge in [0, 0.05) is 5.56 Å². The number of rotatable bonds is 9. The van der Waals surface area contributed by atoms with Crippen molar-refractivity contribution in [2.45, 2.75) is 31.4 Å². The van der Waals surface area contributed by atoms with Crippen molar-refractivity contribution in [1.29, 1.82) is 0 Å². The minimum Gasteiger partial charge on any atom is -0.384 e. The van der Waals surface area contributed by atoms with E-state index in [0.717, 1.165) is 0 Å². The van der Waals surface area contributed by atoms with E-state index in [0.29, 0.717) is 16.6 Å². The number of aliphatic hydroxyl groups excluding tert-OH is 1. The molecule has 4 rings (SSSR count). The van der Waals surface area contributed by atoms with Gasteiger partial charge in [-0.25, -0.2) is 14.1 Å². The van der Waals surface area contributed by atoms with Crippen LogP contribution < -0.4 is 5.32 Å². The van der Waals surface area contributed by atoms with Crippen LogP contribution in [0.1, 0.15) is 24.8 Å². The van der Waals surface area contributed by atoms with E-state index in [2.05, 4.69) is 22.0 Å². The molecule has 16 heteroatoms. The van der Waals surface area contributed by atoms with Crippen LogP contribution in [0.5, 0.6) is 0 Å². The zero-order valence-electron chi connectivity index (χ0n) is 19.3. The van der Waals surface area contributed by atoms with Crippen LogP contribution in [-0.4, -0.2) is 59.3 Å². The molecular weight excluding hydrogens is 553 g/mol. The van der Waals surface area contributed by atoms with Crippen LogP contribution in [0.3, 0.4) is 0 Å². The first-order valence-electron chi connectivity index (χ1n) is 10.8.